The van der Waals surface area contributed by atoms with Crippen LogP contribution in [-0.4, -0.2) is 97.6 Å². The highest BCUT2D eigenvalue weighted by Gasteiger charge is 2.64. The third kappa shape index (κ3) is 0.997. The van der Waals surface area contributed by atoms with Crippen LogP contribution in [0.25, 0.3) is 0 Å². The van der Waals surface area contributed by atoms with E-state index in [1.54, 1.807) is 0 Å². The van der Waals surface area contributed by atoms with Crippen LogP contribution in [0.2, 0.25) is 0 Å². The third-order valence-electron chi connectivity index (χ3n) is 5.88. The summed E-state index contributed by atoms with van der Waals surface area (Å²) in [7, 11) is 4.99. The molecule has 0 aliphatic carbocycles. The fourth-order valence-corrected chi connectivity index (χ4v) is 4.74. The molecule has 0 radical (unpaired) electrons. The normalized spacial score (nSPS) is 56.6. The van der Waals surface area contributed by atoms with Gasteiger partial charge < -0.3 is 8.97 Å². The van der Waals surface area contributed by atoms with Crippen molar-refractivity contribution in [1.29, 1.82) is 0 Å². The van der Waals surface area contributed by atoms with Gasteiger partial charge in [-0.2, -0.15) is 0 Å². The van der Waals surface area contributed by atoms with Gasteiger partial charge in [-0.3, -0.25) is 0 Å². The van der Waals surface area contributed by atoms with Crippen molar-refractivity contribution >= 4 is 0 Å². The van der Waals surface area contributed by atoms with Crippen LogP contribution < -0.4 is 0 Å². The van der Waals surface area contributed by atoms with Gasteiger partial charge in [-0.05, 0) is 0 Å². The van der Waals surface area contributed by atoms with Gasteiger partial charge >= 0.3 is 0 Å². The molecule has 2 atom stereocenters. The van der Waals surface area contributed by atoms with Crippen molar-refractivity contribution in [3.63, 3.8) is 0 Å². The molecule has 0 amide bonds. The third-order valence-corrected chi connectivity index (χ3v) is 5.88. The lowest BCUT2D eigenvalue weighted by atomic mass is 10.1. The lowest BCUT2D eigenvalue weighted by Gasteiger charge is -2.54. The van der Waals surface area contributed by atoms with E-state index in [1.807, 2.05) is 0 Å². The zero-order chi connectivity index (χ0) is 11.0. The number of nitrogens with zero attached hydrogens (tertiary/aromatic N) is 4. The summed E-state index contributed by atoms with van der Waals surface area (Å²) in [6.07, 6.45) is 1.60. The average Bonchev–Trinajstić information content (AvgIpc) is 2.76. The first-order valence-corrected chi connectivity index (χ1v) is 6.79. The quantitative estimate of drug-likeness (QED) is 0.497. The van der Waals surface area contributed by atoms with E-state index in [9.17, 15) is 0 Å². The lowest BCUT2D eigenvalue weighted by Crippen LogP contribution is -2.76. The van der Waals surface area contributed by atoms with Crippen LogP contribution in [0, 0.1) is 0 Å². The van der Waals surface area contributed by atoms with Gasteiger partial charge in [0, 0.05) is 0 Å². The summed E-state index contributed by atoms with van der Waals surface area (Å²) < 4.78 is 2.66. The first-order chi connectivity index (χ1) is 7.62. The summed E-state index contributed by atoms with van der Waals surface area (Å²) in [5.41, 5.74) is 0. The van der Waals surface area contributed by atoms with Crippen molar-refractivity contribution in [2.75, 3.05) is 66.5 Å². The molecule has 0 saturated carbocycles. The molecule has 0 unspecified atom stereocenters. The van der Waals surface area contributed by atoms with Gasteiger partial charge in [0.2, 0.25) is 12.3 Å². The van der Waals surface area contributed by atoms with E-state index >= 15 is 0 Å². The number of piperazine rings is 2. The van der Waals surface area contributed by atoms with Crippen molar-refractivity contribution in [1.82, 2.24) is 9.80 Å². The summed E-state index contributed by atoms with van der Waals surface area (Å²) in [4.78, 5) is 5.56. The van der Waals surface area contributed by atoms with E-state index in [0.29, 0.717) is 0 Å². The molecule has 4 rings (SSSR count). The minimum atomic E-state index is 0.801. The van der Waals surface area contributed by atoms with Crippen LogP contribution in [0.15, 0.2) is 0 Å². The second-order valence-corrected chi connectivity index (χ2v) is 6.75. The van der Waals surface area contributed by atoms with E-state index in [0.717, 1.165) is 12.3 Å². The maximum atomic E-state index is 2.78. The van der Waals surface area contributed by atoms with E-state index in [4.69, 9.17) is 0 Å². The Hall–Kier alpha value is -0.160. The first kappa shape index (κ1) is 9.83. The van der Waals surface area contributed by atoms with Crippen LogP contribution in [0.4, 0.5) is 0 Å². The van der Waals surface area contributed by atoms with Gasteiger partial charge in [0.15, 0.2) is 0 Å². The zero-order valence-corrected chi connectivity index (χ0v) is 10.6. The van der Waals surface area contributed by atoms with Crippen LogP contribution in [0.3, 0.4) is 0 Å². The summed E-state index contributed by atoms with van der Waals surface area (Å²) in [6, 6.07) is 0. The van der Waals surface area contributed by atoms with E-state index < -0.39 is 0 Å². The molecule has 4 aliphatic rings. The molecule has 4 fully saturated rings. The Kier molecular flexibility index (Phi) is 1.72. The van der Waals surface area contributed by atoms with Crippen LogP contribution >= 0.6 is 0 Å². The number of quaternary nitrogens is 2. The van der Waals surface area contributed by atoms with Crippen molar-refractivity contribution < 1.29 is 8.97 Å². The van der Waals surface area contributed by atoms with E-state index in [-0.39, 0.29) is 0 Å². The zero-order valence-electron chi connectivity index (χ0n) is 10.6. The Labute approximate surface area is 98.2 Å². The molecule has 16 heavy (non-hydrogen) atoms. The van der Waals surface area contributed by atoms with Crippen LogP contribution in [-0.2, 0) is 0 Å². The molecule has 4 saturated heterocycles. The van der Waals surface area contributed by atoms with Crippen molar-refractivity contribution in [3.8, 4) is 0 Å². The highest BCUT2D eigenvalue weighted by molar-refractivity contribution is 4.90. The Balaban J connectivity index is 1.80. The predicted molar refractivity (Wildman–Crippen MR) is 62.6 cm³/mol. The largest absolute Gasteiger partial charge is 0.303 e. The molecule has 4 heterocycles. The van der Waals surface area contributed by atoms with Gasteiger partial charge in [-0.15, -0.1) is 0 Å². The monoisotopic (exact) mass is 224 g/mol. The predicted octanol–water partition coefficient (Wildman–Crippen LogP) is -0.810. The Morgan fingerprint density at radius 1 is 0.688 bits per heavy atom. The summed E-state index contributed by atoms with van der Waals surface area (Å²) in [5.74, 6) is 0. The topological polar surface area (TPSA) is 6.48 Å². The van der Waals surface area contributed by atoms with Gasteiger partial charge in [-0.25, -0.2) is 9.80 Å². The molecule has 0 aromatic heterocycles. The molecule has 4 aliphatic heterocycles. The molecular formula is C12H24N4+2. The summed E-state index contributed by atoms with van der Waals surface area (Å²) in [5, 5.41) is 0. The molecule has 0 aromatic carbocycles. The molecule has 0 N–H and O–H groups in total. The summed E-state index contributed by atoms with van der Waals surface area (Å²) in [6.45, 7) is 10.9. The molecule has 90 valence electrons. The Bertz CT molecular complexity index is 301. The van der Waals surface area contributed by atoms with Gasteiger partial charge in [-0.1, -0.05) is 0 Å². The molecule has 0 aromatic rings. The van der Waals surface area contributed by atoms with Crippen molar-refractivity contribution in [2.45, 2.75) is 12.3 Å². The van der Waals surface area contributed by atoms with Gasteiger partial charge in [0.25, 0.3) is 0 Å². The minimum Gasteiger partial charge on any atom is -0.303 e. The van der Waals surface area contributed by atoms with Crippen LogP contribution in [0.1, 0.15) is 0 Å². The second kappa shape index (κ2) is 2.80. The van der Waals surface area contributed by atoms with E-state index in [1.165, 1.54) is 61.3 Å². The van der Waals surface area contributed by atoms with Crippen molar-refractivity contribution in [2.24, 2.45) is 0 Å². The number of rotatable bonds is 0. The minimum absolute atomic E-state index is 0.801. The smallest absolute Gasteiger partial charge is 0.214 e. The fourth-order valence-electron chi connectivity index (χ4n) is 4.74. The van der Waals surface area contributed by atoms with Crippen molar-refractivity contribution in [3.05, 3.63) is 0 Å². The Morgan fingerprint density at radius 3 is 1.31 bits per heavy atom. The van der Waals surface area contributed by atoms with E-state index in [2.05, 4.69) is 23.9 Å². The Morgan fingerprint density at radius 2 is 1.00 bits per heavy atom. The second-order valence-electron chi connectivity index (χ2n) is 6.75. The molecular weight excluding hydrogens is 200 g/mol. The van der Waals surface area contributed by atoms with Gasteiger partial charge in [0.05, 0.1) is 66.5 Å². The summed E-state index contributed by atoms with van der Waals surface area (Å²) >= 11 is 0. The molecule has 0 spiro atoms. The highest BCUT2D eigenvalue weighted by Crippen LogP contribution is 2.40. The lowest BCUT2D eigenvalue weighted by molar-refractivity contribution is -1.01. The maximum Gasteiger partial charge on any atom is 0.214 e. The highest BCUT2D eigenvalue weighted by atomic mass is 15.7. The molecule has 0 bridgehead atoms. The van der Waals surface area contributed by atoms with Gasteiger partial charge in [0.1, 0.15) is 0 Å². The number of hydrogen-bond donors (Lipinski definition) is 0. The average molecular weight is 224 g/mol. The first-order valence-electron chi connectivity index (χ1n) is 6.79. The van der Waals surface area contributed by atoms with Crippen LogP contribution in [0.5, 0.6) is 0 Å². The fraction of sp³-hybridized carbons (Fsp3) is 1.00. The standard InChI is InChI=1S/C12H24N4/c1-15-7-3-13-6-10-16(2)8-4-14(5-9-15)12(16)11(13)15/h11-12H,3-10H2,1-2H3/q+2/t11-,12-,15?,16?/m0/s1. The maximum absolute atomic E-state index is 2.78. The molecule has 4 heteroatoms. The SMILES string of the molecule is C[N+]12CCN3CC[N+]4(C)CCN(CC1)[C@@H]4[C@@H]32. The number of likely N-dealkylation sites (N-methyl/N-ethyl adjacent to an activating group) is 2. The number of hydrogen-bond acceptors (Lipinski definition) is 2. The molecule has 4 nitrogen and oxygen atoms in total.